The molecular formula is C24H27N3O3S. The van der Waals surface area contributed by atoms with E-state index in [1.165, 1.54) is 21.1 Å². The number of hydrogen-bond donors (Lipinski definition) is 1. The average molecular weight is 438 g/mol. The number of fused-ring (bicyclic) bond motifs is 1. The van der Waals surface area contributed by atoms with Gasteiger partial charge in [-0.05, 0) is 60.5 Å². The third kappa shape index (κ3) is 5.12. The monoisotopic (exact) mass is 437 g/mol. The number of amides is 1. The lowest BCUT2D eigenvalue weighted by Crippen LogP contribution is -2.30. The molecule has 31 heavy (non-hydrogen) atoms. The number of rotatable bonds is 7. The van der Waals surface area contributed by atoms with Gasteiger partial charge in [-0.2, -0.15) is 4.31 Å². The van der Waals surface area contributed by atoms with Gasteiger partial charge in [0.1, 0.15) is 0 Å². The van der Waals surface area contributed by atoms with E-state index < -0.39 is 10.0 Å². The highest BCUT2D eigenvalue weighted by molar-refractivity contribution is 7.89. The van der Waals surface area contributed by atoms with Crippen LogP contribution in [-0.4, -0.2) is 50.2 Å². The molecule has 0 radical (unpaired) electrons. The molecule has 3 aromatic carbocycles. The number of nitrogens with one attached hydrogen (secondary N) is 1. The van der Waals surface area contributed by atoms with Crippen molar-refractivity contribution >= 4 is 32.4 Å². The van der Waals surface area contributed by atoms with Gasteiger partial charge >= 0.3 is 0 Å². The molecule has 1 saturated heterocycles. The van der Waals surface area contributed by atoms with Crippen LogP contribution >= 0.6 is 0 Å². The Morgan fingerprint density at radius 2 is 1.71 bits per heavy atom. The van der Waals surface area contributed by atoms with Gasteiger partial charge in [0.15, 0.2) is 0 Å². The van der Waals surface area contributed by atoms with Gasteiger partial charge in [-0.25, -0.2) is 8.42 Å². The summed E-state index contributed by atoms with van der Waals surface area (Å²) in [5.41, 5.74) is 1.62. The fourth-order valence-electron chi connectivity index (χ4n) is 3.96. The van der Waals surface area contributed by atoms with Gasteiger partial charge in [0.05, 0.1) is 11.4 Å². The summed E-state index contributed by atoms with van der Waals surface area (Å²) < 4.78 is 27.0. The number of carbonyl (C=O) groups excluding carboxylic acids is 1. The van der Waals surface area contributed by atoms with Crippen LogP contribution in [0, 0.1) is 0 Å². The second kappa shape index (κ2) is 9.18. The highest BCUT2D eigenvalue weighted by Crippen LogP contribution is 2.23. The van der Waals surface area contributed by atoms with Crippen molar-refractivity contribution in [2.45, 2.75) is 24.3 Å². The van der Waals surface area contributed by atoms with E-state index in [0.717, 1.165) is 18.4 Å². The summed E-state index contributed by atoms with van der Waals surface area (Å²) in [6.45, 7) is 1.95. The lowest BCUT2D eigenvalue weighted by atomic mass is 10.1. The SMILES string of the molecule is CN(CC(=O)Nc1cccc(S(=O)(=O)N2CCCC2)c1)Cc1ccc2ccccc2c1. The third-order valence-corrected chi connectivity index (χ3v) is 7.40. The normalized spacial score (nSPS) is 14.9. The van der Waals surface area contributed by atoms with Crippen LogP contribution in [0.25, 0.3) is 10.8 Å². The molecule has 162 valence electrons. The largest absolute Gasteiger partial charge is 0.325 e. The van der Waals surface area contributed by atoms with E-state index in [9.17, 15) is 13.2 Å². The minimum Gasteiger partial charge on any atom is -0.325 e. The van der Waals surface area contributed by atoms with Crippen molar-refractivity contribution in [1.82, 2.24) is 9.21 Å². The zero-order valence-corrected chi connectivity index (χ0v) is 18.4. The Morgan fingerprint density at radius 3 is 2.48 bits per heavy atom. The van der Waals surface area contributed by atoms with Crippen LogP contribution in [0.1, 0.15) is 18.4 Å². The van der Waals surface area contributed by atoms with Gasteiger partial charge < -0.3 is 5.32 Å². The zero-order valence-electron chi connectivity index (χ0n) is 17.6. The van der Waals surface area contributed by atoms with Crippen LogP contribution < -0.4 is 5.32 Å². The van der Waals surface area contributed by atoms with E-state index in [1.54, 1.807) is 18.2 Å². The minimum absolute atomic E-state index is 0.181. The number of sulfonamides is 1. The van der Waals surface area contributed by atoms with Gasteiger partial charge in [0, 0.05) is 25.3 Å². The van der Waals surface area contributed by atoms with Crippen molar-refractivity contribution in [2.24, 2.45) is 0 Å². The van der Waals surface area contributed by atoms with Gasteiger partial charge in [0.25, 0.3) is 0 Å². The smallest absolute Gasteiger partial charge is 0.243 e. The van der Waals surface area contributed by atoms with Crippen LogP contribution in [0.3, 0.4) is 0 Å². The summed E-state index contributed by atoms with van der Waals surface area (Å²) in [6, 6.07) is 21.0. The van der Waals surface area contributed by atoms with E-state index >= 15 is 0 Å². The molecule has 6 nitrogen and oxygen atoms in total. The first-order chi connectivity index (χ1) is 14.9. The average Bonchev–Trinajstić information content (AvgIpc) is 3.29. The fourth-order valence-corrected chi connectivity index (χ4v) is 5.53. The van der Waals surface area contributed by atoms with Crippen molar-refractivity contribution in [1.29, 1.82) is 0 Å². The van der Waals surface area contributed by atoms with Crippen LogP contribution in [0.2, 0.25) is 0 Å². The summed E-state index contributed by atoms with van der Waals surface area (Å²) in [6.07, 6.45) is 1.78. The molecule has 0 bridgehead atoms. The van der Waals surface area contributed by atoms with E-state index in [-0.39, 0.29) is 17.3 Å². The predicted octanol–water partition coefficient (Wildman–Crippen LogP) is 3.69. The molecule has 1 amide bonds. The molecule has 0 aliphatic carbocycles. The molecule has 0 unspecified atom stereocenters. The van der Waals surface area contributed by atoms with E-state index in [4.69, 9.17) is 0 Å². The van der Waals surface area contributed by atoms with Crippen LogP contribution in [0.5, 0.6) is 0 Å². The molecule has 1 fully saturated rings. The lowest BCUT2D eigenvalue weighted by molar-refractivity contribution is -0.117. The topological polar surface area (TPSA) is 69.7 Å². The summed E-state index contributed by atoms with van der Waals surface area (Å²) in [7, 11) is -1.62. The second-order valence-electron chi connectivity index (χ2n) is 8.04. The molecule has 3 aromatic rings. The maximum atomic E-state index is 12.8. The maximum absolute atomic E-state index is 12.8. The van der Waals surface area contributed by atoms with Crippen molar-refractivity contribution in [3.8, 4) is 0 Å². The molecule has 7 heteroatoms. The first-order valence-electron chi connectivity index (χ1n) is 10.5. The third-order valence-electron chi connectivity index (χ3n) is 5.50. The summed E-state index contributed by atoms with van der Waals surface area (Å²) in [4.78, 5) is 14.7. The standard InChI is InChI=1S/C24H27N3O3S/c1-26(17-19-11-12-20-7-2-3-8-21(20)15-19)18-24(28)25-22-9-6-10-23(16-22)31(29,30)27-13-4-5-14-27/h2-3,6-12,15-16H,4-5,13-14,17-18H2,1H3,(H,25,28). The molecule has 1 aliphatic heterocycles. The quantitative estimate of drug-likeness (QED) is 0.612. The Kier molecular flexibility index (Phi) is 6.36. The lowest BCUT2D eigenvalue weighted by Gasteiger charge is -2.18. The molecular weight excluding hydrogens is 410 g/mol. The van der Waals surface area contributed by atoms with Crippen molar-refractivity contribution in [3.63, 3.8) is 0 Å². The van der Waals surface area contributed by atoms with Gasteiger partial charge in [-0.1, -0.05) is 42.5 Å². The highest BCUT2D eigenvalue weighted by Gasteiger charge is 2.27. The predicted molar refractivity (Wildman–Crippen MR) is 123 cm³/mol. The van der Waals surface area contributed by atoms with Crippen LogP contribution in [0.4, 0.5) is 5.69 Å². The highest BCUT2D eigenvalue weighted by atomic mass is 32.2. The van der Waals surface area contributed by atoms with Crippen molar-refractivity contribution in [2.75, 3.05) is 32.0 Å². The molecule has 4 rings (SSSR count). The number of hydrogen-bond acceptors (Lipinski definition) is 4. The summed E-state index contributed by atoms with van der Waals surface area (Å²) >= 11 is 0. The minimum atomic E-state index is -3.51. The van der Waals surface area contributed by atoms with Crippen molar-refractivity contribution in [3.05, 3.63) is 72.3 Å². The Morgan fingerprint density at radius 1 is 0.968 bits per heavy atom. The first kappa shape index (κ1) is 21.5. The van der Waals surface area contributed by atoms with Gasteiger partial charge in [-0.3, -0.25) is 9.69 Å². The number of nitrogens with zero attached hydrogens (tertiary/aromatic N) is 2. The summed E-state index contributed by atoms with van der Waals surface area (Å²) in [5, 5.41) is 5.19. The maximum Gasteiger partial charge on any atom is 0.243 e. The first-order valence-corrected chi connectivity index (χ1v) is 11.9. The number of carbonyl (C=O) groups is 1. The molecule has 0 spiro atoms. The molecule has 0 atom stereocenters. The molecule has 1 aliphatic rings. The Hall–Kier alpha value is -2.74. The molecule has 0 aromatic heterocycles. The Labute approximate surface area is 183 Å². The van der Waals surface area contributed by atoms with Crippen molar-refractivity contribution < 1.29 is 13.2 Å². The van der Waals surface area contributed by atoms with Crippen LogP contribution in [-0.2, 0) is 21.4 Å². The zero-order chi connectivity index (χ0) is 21.8. The van der Waals surface area contributed by atoms with Gasteiger partial charge in [0.2, 0.25) is 15.9 Å². The van der Waals surface area contributed by atoms with E-state index in [2.05, 4.69) is 35.6 Å². The number of likely N-dealkylation sites (N-methyl/N-ethyl adjacent to an activating group) is 1. The number of benzene rings is 3. The van der Waals surface area contributed by atoms with E-state index in [0.29, 0.717) is 25.3 Å². The number of anilines is 1. The fraction of sp³-hybridized carbons (Fsp3) is 0.292. The molecule has 1 N–H and O–H groups in total. The Bertz CT molecular complexity index is 1190. The van der Waals surface area contributed by atoms with E-state index in [1.807, 2.05) is 24.1 Å². The second-order valence-corrected chi connectivity index (χ2v) is 9.98. The Balaban J connectivity index is 1.37. The molecule has 1 heterocycles. The molecule has 0 saturated carbocycles. The summed E-state index contributed by atoms with van der Waals surface area (Å²) in [5.74, 6) is -0.181. The van der Waals surface area contributed by atoms with Gasteiger partial charge in [-0.15, -0.1) is 0 Å². The van der Waals surface area contributed by atoms with Crippen LogP contribution in [0.15, 0.2) is 71.6 Å².